The molecule has 3 rings (SSSR count). The maximum Gasteiger partial charge on any atom is 0.259 e. The van der Waals surface area contributed by atoms with E-state index in [1.165, 1.54) is 0 Å². The van der Waals surface area contributed by atoms with Gasteiger partial charge in [0, 0.05) is 18.3 Å². The molecule has 0 spiro atoms. The Morgan fingerprint density at radius 2 is 1.80 bits per heavy atom. The van der Waals surface area contributed by atoms with Gasteiger partial charge in [-0.3, -0.25) is 14.2 Å². The minimum Gasteiger partial charge on any atom is -0.319 e. The van der Waals surface area contributed by atoms with Crippen LogP contribution in [0.4, 0.5) is 5.69 Å². The second-order valence-electron chi connectivity index (χ2n) is 6.09. The van der Waals surface area contributed by atoms with Crippen molar-refractivity contribution in [3.63, 3.8) is 0 Å². The Kier molecular flexibility index (Phi) is 4.63. The number of amides is 1. The Hall–Kier alpha value is -2.60. The maximum atomic E-state index is 12.5. The van der Waals surface area contributed by atoms with Gasteiger partial charge in [-0.05, 0) is 38.5 Å². The van der Waals surface area contributed by atoms with Crippen LogP contribution in [0.3, 0.4) is 0 Å². The second-order valence-corrected chi connectivity index (χ2v) is 6.52. The number of halogens is 1. The Balaban J connectivity index is 1.83. The molecule has 1 amide bonds. The Bertz CT molecular complexity index is 924. The quantitative estimate of drug-likeness (QED) is 0.777. The van der Waals surface area contributed by atoms with E-state index in [0.717, 1.165) is 22.6 Å². The van der Waals surface area contributed by atoms with Crippen LogP contribution in [0.25, 0.3) is 0 Å². The molecule has 0 aliphatic heterocycles. The highest BCUT2D eigenvalue weighted by Crippen LogP contribution is 2.22. The van der Waals surface area contributed by atoms with Gasteiger partial charge in [-0.15, -0.1) is 0 Å². The van der Waals surface area contributed by atoms with Crippen molar-refractivity contribution in [1.82, 2.24) is 19.6 Å². The smallest absolute Gasteiger partial charge is 0.259 e. The number of aryl methyl sites for hydroxylation is 3. The van der Waals surface area contributed by atoms with Crippen molar-refractivity contribution in [2.75, 3.05) is 5.32 Å². The molecule has 25 heavy (non-hydrogen) atoms. The third-order valence-electron chi connectivity index (χ3n) is 4.12. The van der Waals surface area contributed by atoms with E-state index in [9.17, 15) is 4.79 Å². The Morgan fingerprint density at radius 1 is 1.12 bits per heavy atom. The summed E-state index contributed by atoms with van der Waals surface area (Å²) in [5.41, 5.74) is 4.78. The van der Waals surface area contributed by atoms with Crippen LogP contribution in [-0.4, -0.2) is 25.5 Å². The van der Waals surface area contributed by atoms with Gasteiger partial charge in [-0.25, -0.2) is 0 Å². The lowest BCUT2D eigenvalue weighted by atomic mass is 10.2. The number of benzene rings is 1. The number of hydrogen-bond donors (Lipinski definition) is 1. The number of nitrogens with zero attached hydrogens (tertiary/aromatic N) is 4. The highest BCUT2D eigenvalue weighted by Gasteiger charge is 2.18. The molecule has 0 saturated heterocycles. The predicted molar refractivity (Wildman–Crippen MR) is 98.2 cm³/mol. The summed E-state index contributed by atoms with van der Waals surface area (Å²) < 4.78 is 3.51. The Morgan fingerprint density at radius 3 is 2.40 bits per heavy atom. The number of aromatic nitrogens is 4. The van der Waals surface area contributed by atoms with Crippen LogP contribution in [0.15, 0.2) is 30.5 Å². The standard InChI is InChI=1S/C18H20ClN5O/c1-11-16(10-23(4)21-11)18(25)20-17-12(2)22-24(13(17)3)9-14-5-7-15(19)8-6-14/h5-8,10H,9H2,1-4H3,(H,20,25). The normalized spacial score (nSPS) is 10.9. The molecule has 3 aromatic rings. The molecule has 0 fully saturated rings. The molecular formula is C18H20ClN5O. The number of rotatable bonds is 4. The number of carbonyl (C=O) groups excluding carboxylic acids is 1. The lowest BCUT2D eigenvalue weighted by Crippen LogP contribution is -2.14. The molecular weight excluding hydrogens is 338 g/mol. The van der Waals surface area contributed by atoms with Gasteiger partial charge < -0.3 is 5.32 Å². The second kappa shape index (κ2) is 6.72. The largest absolute Gasteiger partial charge is 0.319 e. The van der Waals surface area contributed by atoms with Gasteiger partial charge in [0.1, 0.15) is 0 Å². The van der Waals surface area contributed by atoms with Crippen LogP contribution in [-0.2, 0) is 13.6 Å². The lowest BCUT2D eigenvalue weighted by molar-refractivity contribution is 0.102. The van der Waals surface area contributed by atoms with Gasteiger partial charge in [0.25, 0.3) is 5.91 Å². The third-order valence-corrected chi connectivity index (χ3v) is 4.38. The topological polar surface area (TPSA) is 64.7 Å². The van der Waals surface area contributed by atoms with E-state index in [-0.39, 0.29) is 5.91 Å². The zero-order valence-electron chi connectivity index (χ0n) is 14.7. The molecule has 2 heterocycles. The summed E-state index contributed by atoms with van der Waals surface area (Å²) in [7, 11) is 1.80. The van der Waals surface area contributed by atoms with Crippen molar-refractivity contribution >= 4 is 23.2 Å². The van der Waals surface area contributed by atoms with Gasteiger partial charge in [0.05, 0.1) is 34.9 Å². The van der Waals surface area contributed by atoms with Crippen molar-refractivity contribution in [1.29, 1.82) is 0 Å². The van der Waals surface area contributed by atoms with Crippen molar-refractivity contribution in [2.24, 2.45) is 7.05 Å². The summed E-state index contributed by atoms with van der Waals surface area (Å²) in [5.74, 6) is -0.178. The van der Waals surface area contributed by atoms with E-state index in [1.54, 1.807) is 17.9 Å². The molecule has 2 aromatic heterocycles. The van der Waals surface area contributed by atoms with Crippen molar-refractivity contribution in [2.45, 2.75) is 27.3 Å². The van der Waals surface area contributed by atoms with E-state index in [2.05, 4.69) is 15.5 Å². The van der Waals surface area contributed by atoms with E-state index < -0.39 is 0 Å². The highest BCUT2D eigenvalue weighted by molar-refractivity contribution is 6.30. The van der Waals surface area contributed by atoms with Crippen LogP contribution in [0, 0.1) is 20.8 Å². The first kappa shape index (κ1) is 17.2. The molecule has 6 nitrogen and oxygen atoms in total. The van der Waals surface area contributed by atoms with Crippen molar-refractivity contribution in [3.05, 3.63) is 63.7 Å². The third kappa shape index (κ3) is 3.58. The number of anilines is 1. The van der Waals surface area contributed by atoms with Crippen molar-refractivity contribution in [3.8, 4) is 0 Å². The summed E-state index contributed by atoms with van der Waals surface area (Å²) in [6.45, 7) is 6.27. The number of hydrogen-bond acceptors (Lipinski definition) is 3. The number of carbonyl (C=O) groups is 1. The average Bonchev–Trinajstić information content (AvgIpc) is 3.03. The molecule has 0 atom stereocenters. The minimum atomic E-state index is -0.178. The summed E-state index contributed by atoms with van der Waals surface area (Å²) in [6, 6.07) is 7.65. The molecule has 1 N–H and O–H groups in total. The number of nitrogens with one attached hydrogen (secondary N) is 1. The van der Waals surface area contributed by atoms with Crippen LogP contribution >= 0.6 is 11.6 Å². The van der Waals surface area contributed by atoms with Gasteiger partial charge in [0.2, 0.25) is 0 Å². The summed E-state index contributed by atoms with van der Waals surface area (Å²) in [6.07, 6.45) is 1.72. The lowest BCUT2D eigenvalue weighted by Gasteiger charge is -2.07. The van der Waals surface area contributed by atoms with E-state index in [0.29, 0.717) is 22.8 Å². The summed E-state index contributed by atoms with van der Waals surface area (Å²) in [5, 5.41) is 12.4. The van der Waals surface area contributed by atoms with Crippen LogP contribution in [0.5, 0.6) is 0 Å². The summed E-state index contributed by atoms with van der Waals surface area (Å²) >= 11 is 5.93. The van der Waals surface area contributed by atoms with Gasteiger partial charge in [-0.1, -0.05) is 23.7 Å². The molecule has 0 bridgehead atoms. The fourth-order valence-electron chi connectivity index (χ4n) is 2.80. The monoisotopic (exact) mass is 357 g/mol. The first-order valence-corrected chi connectivity index (χ1v) is 8.33. The molecule has 0 saturated carbocycles. The average molecular weight is 358 g/mol. The molecule has 0 aliphatic rings. The molecule has 1 aromatic carbocycles. The SMILES string of the molecule is Cc1nn(C)cc1C(=O)Nc1c(C)nn(Cc2ccc(Cl)cc2)c1C. The van der Waals surface area contributed by atoms with E-state index in [1.807, 2.05) is 49.7 Å². The van der Waals surface area contributed by atoms with E-state index in [4.69, 9.17) is 11.6 Å². The van der Waals surface area contributed by atoms with Crippen molar-refractivity contribution < 1.29 is 4.79 Å². The van der Waals surface area contributed by atoms with E-state index >= 15 is 0 Å². The van der Waals surface area contributed by atoms with Gasteiger partial charge in [0.15, 0.2) is 0 Å². The maximum absolute atomic E-state index is 12.5. The highest BCUT2D eigenvalue weighted by atomic mass is 35.5. The van der Waals surface area contributed by atoms with Crippen LogP contribution in [0.2, 0.25) is 5.02 Å². The molecule has 7 heteroatoms. The first-order chi connectivity index (χ1) is 11.8. The van der Waals surface area contributed by atoms with Gasteiger partial charge in [-0.2, -0.15) is 10.2 Å². The molecule has 0 radical (unpaired) electrons. The molecule has 130 valence electrons. The Labute approximate surface area is 151 Å². The fourth-order valence-corrected chi connectivity index (χ4v) is 2.92. The zero-order chi connectivity index (χ0) is 18.1. The van der Waals surface area contributed by atoms with Crippen LogP contribution < -0.4 is 5.32 Å². The molecule has 0 aliphatic carbocycles. The molecule has 0 unspecified atom stereocenters. The predicted octanol–water partition coefficient (Wildman–Crippen LogP) is 3.50. The fraction of sp³-hybridized carbons (Fsp3) is 0.278. The summed E-state index contributed by atoms with van der Waals surface area (Å²) in [4.78, 5) is 12.5. The zero-order valence-corrected chi connectivity index (χ0v) is 15.4. The first-order valence-electron chi connectivity index (χ1n) is 7.95. The minimum absolute atomic E-state index is 0.178. The van der Waals surface area contributed by atoms with Crippen LogP contribution in [0.1, 0.15) is 33.0 Å². The van der Waals surface area contributed by atoms with Gasteiger partial charge >= 0.3 is 0 Å².